The van der Waals surface area contributed by atoms with Crippen LogP contribution in [0.5, 0.6) is 0 Å². The Balaban J connectivity index is 3.23. The first-order chi connectivity index (χ1) is 7.25. The maximum Gasteiger partial charge on any atom is 0.154 e. The molecule has 2 atom stereocenters. The number of aldehydes is 3. The van der Waals surface area contributed by atoms with Gasteiger partial charge in [-0.1, -0.05) is 0 Å². The molecule has 7 heteroatoms. The second kappa shape index (κ2) is 3.70. The Morgan fingerprint density at radius 2 is 1.25 bits per heavy atom. The fraction of sp³-hybridized carbons (Fsp3) is 0.667. The maximum atomic E-state index is 10.6. The zero-order valence-corrected chi connectivity index (χ0v) is 8.24. The van der Waals surface area contributed by atoms with Crippen LogP contribution in [0.15, 0.2) is 0 Å². The van der Waals surface area contributed by atoms with Gasteiger partial charge in [-0.3, -0.25) is 0 Å². The molecule has 2 unspecified atom stereocenters. The molecule has 4 N–H and O–H groups in total. The van der Waals surface area contributed by atoms with E-state index in [-0.39, 0.29) is 18.9 Å². The monoisotopic (exact) mass is 232 g/mol. The quantitative estimate of drug-likeness (QED) is 0.379. The van der Waals surface area contributed by atoms with Crippen molar-refractivity contribution in [2.24, 2.45) is 0 Å². The van der Waals surface area contributed by atoms with E-state index in [4.69, 9.17) is 0 Å². The first-order valence-corrected chi connectivity index (χ1v) is 4.49. The Morgan fingerprint density at radius 1 is 0.875 bits per heavy atom. The van der Waals surface area contributed by atoms with Gasteiger partial charge in [-0.2, -0.15) is 0 Å². The van der Waals surface area contributed by atoms with Gasteiger partial charge in [0.1, 0.15) is 11.7 Å². The van der Waals surface area contributed by atoms with Gasteiger partial charge in [0, 0.05) is 12.8 Å². The maximum absolute atomic E-state index is 10.6. The SMILES string of the molecule is O=CC1(O)CC(O)(C=O)C(O)C(O)(C=O)C1. The van der Waals surface area contributed by atoms with E-state index in [1.54, 1.807) is 0 Å². The predicted molar refractivity (Wildman–Crippen MR) is 48.3 cm³/mol. The molecule has 1 saturated carbocycles. The Morgan fingerprint density at radius 3 is 1.50 bits per heavy atom. The summed E-state index contributed by atoms with van der Waals surface area (Å²) in [5.74, 6) is 0. The van der Waals surface area contributed by atoms with Crippen molar-refractivity contribution in [2.75, 3.05) is 0 Å². The lowest BCUT2D eigenvalue weighted by molar-refractivity contribution is -0.221. The van der Waals surface area contributed by atoms with Crippen molar-refractivity contribution >= 4 is 18.9 Å². The largest absolute Gasteiger partial charge is 0.386 e. The van der Waals surface area contributed by atoms with Crippen molar-refractivity contribution in [1.29, 1.82) is 0 Å². The molecule has 1 aliphatic rings. The van der Waals surface area contributed by atoms with E-state index in [9.17, 15) is 34.8 Å². The number of carbonyl (C=O) groups is 3. The van der Waals surface area contributed by atoms with Crippen LogP contribution in [0.25, 0.3) is 0 Å². The highest BCUT2D eigenvalue weighted by molar-refractivity contribution is 5.76. The molecule has 0 spiro atoms. The molecule has 0 aliphatic heterocycles. The molecule has 0 heterocycles. The zero-order valence-electron chi connectivity index (χ0n) is 8.24. The van der Waals surface area contributed by atoms with E-state index in [0.29, 0.717) is 0 Å². The van der Waals surface area contributed by atoms with E-state index in [1.807, 2.05) is 0 Å². The molecule has 0 bridgehead atoms. The van der Waals surface area contributed by atoms with E-state index in [2.05, 4.69) is 0 Å². The summed E-state index contributed by atoms with van der Waals surface area (Å²) in [6.45, 7) is 0. The molecule has 0 aromatic heterocycles. The summed E-state index contributed by atoms with van der Waals surface area (Å²) in [4.78, 5) is 31.9. The molecule has 16 heavy (non-hydrogen) atoms. The van der Waals surface area contributed by atoms with Crippen molar-refractivity contribution in [1.82, 2.24) is 0 Å². The van der Waals surface area contributed by atoms with Gasteiger partial charge in [-0.05, 0) is 0 Å². The van der Waals surface area contributed by atoms with Crippen molar-refractivity contribution < 1.29 is 34.8 Å². The Bertz CT molecular complexity index is 304. The molecule has 7 nitrogen and oxygen atoms in total. The van der Waals surface area contributed by atoms with Crippen LogP contribution in [0.3, 0.4) is 0 Å². The van der Waals surface area contributed by atoms with Crippen molar-refractivity contribution in [3.63, 3.8) is 0 Å². The smallest absolute Gasteiger partial charge is 0.154 e. The van der Waals surface area contributed by atoms with Gasteiger partial charge in [0.25, 0.3) is 0 Å². The van der Waals surface area contributed by atoms with Gasteiger partial charge in [-0.25, -0.2) is 0 Å². The lowest BCUT2D eigenvalue weighted by atomic mass is 9.67. The molecule has 0 amide bonds. The van der Waals surface area contributed by atoms with Crippen LogP contribution in [0.4, 0.5) is 0 Å². The molecule has 1 rings (SSSR count). The first-order valence-electron chi connectivity index (χ1n) is 4.49. The van der Waals surface area contributed by atoms with Crippen molar-refractivity contribution in [3.8, 4) is 0 Å². The average Bonchev–Trinajstić information content (AvgIpc) is 2.26. The second-order valence-electron chi connectivity index (χ2n) is 4.20. The molecule has 0 saturated heterocycles. The van der Waals surface area contributed by atoms with Crippen LogP contribution in [-0.4, -0.2) is 62.2 Å². The number of aliphatic hydroxyl groups excluding tert-OH is 1. The third-order valence-corrected chi connectivity index (χ3v) is 2.75. The Kier molecular flexibility index (Phi) is 2.99. The van der Waals surface area contributed by atoms with Gasteiger partial charge in [0.05, 0.1) is 0 Å². The lowest BCUT2D eigenvalue weighted by Crippen LogP contribution is -2.68. The summed E-state index contributed by atoms with van der Waals surface area (Å²) < 4.78 is 0. The predicted octanol–water partition coefficient (Wildman–Crippen LogP) is -3.07. The fourth-order valence-corrected chi connectivity index (χ4v) is 1.96. The van der Waals surface area contributed by atoms with Gasteiger partial charge in [0.2, 0.25) is 0 Å². The molecule has 1 aliphatic carbocycles. The summed E-state index contributed by atoms with van der Waals surface area (Å²) >= 11 is 0. The van der Waals surface area contributed by atoms with Gasteiger partial charge >= 0.3 is 0 Å². The average molecular weight is 232 g/mol. The minimum absolute atomic E-state index is 0.0157. The van der Waals surface area contributed by atoms with E-state index in [0.717, 1.165) is 0 Å². The fourth-order valence-electron chi connectivity index (χ4n) is 1.96. The minimum Gasteiger partial charge on any atom is -0.386 e. The molecule has 1 fully saturated rings. The summed E-state index contributed by atoms with van der Waals surface area (Å²) in [5.41, 5.74) is -7.31. The normalized spacial score (nSPS) is 48.4. The highest BCUT2D eigenvalue weighted by Crippen LogP contribution is 2.38. The van der Waals surface area contributed by atoms with Crippen LogP contribution in [0.1, 0.15) is 12.8 Å². The van der Waals surface area contributed by atoms with Crippen LogP contribution < -0.4 is 0 Å². The van der Waals surface area contributed by atoms with Crippen molar-refractivity contribution in [3.05, 3.63) is 0 Å². The number of carbonyl (C=O) groups excluding carboxylic acids is 3. The lowest BCUT2D eigenvalue weighted by Gasteiger charge is -2.46. The Hall–Kier alpha value is -1.15. The summed E-state index contributed by atoms with van der Waals surface area (Å²) in [5, 5.41) is 38.4. The molecular formula is C9H12O7. The summed E-state index contributed by atoms with van der Waals surface area (Å²) in [6.07, 6.45) is -3.84. The van der Waals surface area contributed by atoms with Gasteiger partial charge < -0.3 is 34.8 Å². The number of hydrogen-bond acceptors (Lipinski definition) is 7. The van der Waals surface area contributed by atoms with E-state index in [1.165, 1.54) is 0 Å². The highest BCUT2D eigenvalue weighted by atomic mass is 16.4. The van der Waals surface area contributed by atoms with Gasteiger partial charge in [-0.15, -0.1) is 0 Å². The standard InChI is InChI=1S/C9H12O7/c10-3-7(14)1-8(15,4-11)6(13)9(16,2-7)5-12/h3-6,13-16H,1-2H2. The van der Waals surface area contributed by atoms with Crippen LogP contribution in [-0.2, 0) is 14.4 Å². The minimum atomic E-state index is -2.54. The molecule has 0 aromatic rings. The third-order valence-electron chi connectivity index (χ3n) is 2.75. The number of aliphatic hydroxyl groups is 4. The molecule has 90 valence electrons. The molecular weight excluding hydrogens is 220 g/mol. The number of hydrogen-bond donors (Lipinski definition) is 4. The van der Waals surface area contributed by atoms with Crippen LogP contribution in [0, 0.1) is 0 Å². The topological polar surface area (TPSA) is 132 Å². The highest BCUT2D eigenvalue weighted by Gasteiger charge is 2.60. The molecule has 0 aromatic carbocycles. The Labute approximate surface area is 90.3 Å². The third kappa shape index (κ3) is 1.78. The summed E-state index contributed by atoms with van der Waals surface area (Å²) in [7, 11) is 0. The first kappa shape index (κ1) is 12.9. The molecule has 0 radical (unpaired) electrons. The number of rotatable bonds is 3. The van der Waals surface area contributed by atoms with Crippen molar-refractivity contribution in [2.45, 2.75) is 35.7 Å². The van der Waals surface area contributed by atoms with E-state index < -0.39 is 35.7 Å². The van der Waals surface area contributed by atoms with Gasteiger partial charge in [0.15, 0.2) is 30.1 Å². The van der Waals surface area contributed by atoms with Crippen LogP contribution in [0.2, 0.25) is 0 Å². The summed E-state index contributed by atoms with van der Waals surface area (Å²) in [6, 6.07) is 0. The second-order valence-corrected chi connectivity index (χ2v) is 4.20. The van der Waals surface area contributed by atoms with Crippen LogP contribution >= 0.6 is 0 Å². The van der Waals surface area contributed by atoms with E-state index >= 15 is 0 Å². The zero-order chi connectivity index (χ0) is 12.6.